The van der Waals surface area contributed by atoms with Crippen LogP contribution in [0.1, 0.15) is 35.3 Å². The van der Waals surface area contributed by atoms with Crippen LogP contribution in [0.3, 0.4) is 0 Å². The number of rotatable bonds is 4. The predicted molar refractivity (Wildman–Crippen MR) is 104 cm³/mol. The average molecular weight is 366 g/mol. The lowest BCUT2D eigenvalue weighted by molar-refractivity contribution is -0.135. The van der Waals surface area contributed by atoms with Gasteiger partial charge in [0.15, 0.2) is 0 Å². The van der Waals surface area contributed by atoms with Crippen LogP contribution >= 0.6 is 11.3 Å². The van der Waals surface area contributed by atoms with Gasteiger partial charge in [-0.25, -0.2) is 4.98 Å². The highest BCUT2D eigenvalue weighted by Crippen LogP contribution is 2.39. The van der Waals surface area contributed by atoms with E-state index in [2.05, 4.69) is 18.2 Å². The molecule has 2 aromatic heterocycles. The second-order valence-corrected chi connectivity index (χ2v) is 7.94. The van der Waals surface area contributed by atoms with Crippen LogP contribution in [-0.4, -0.2) is 22.8 Å². The third-order valence-electron chi connectivity index (χ3n) is 4.94. The molecular weight excluding hydrogens is 344 g/mol. The van der Waals surface area contributed by atoms with Crippen LogP contribution in [0.2, 0.25) is 0 Å². The maximum absolute atomic E-state index is 13.1. The number of carbonyl (C=O) groups is 1. The summed E-state index contributed by atoms with van der Waals surface area (Å²) >= 11 is 1.71. The molecule has 0 N–H and O–H groups in total. The van der Waals surface area contributed by atoms with Gasteiger partial charge in [-0.05, 0) is 44.0 Å². The van der Waals surface area contributed by atoms with Crippen molar-refractivity contribution in [3.63, 3.8) is 0 Å². The van der Waals surface area contributed by atoms with Gasteiger partial charge in [0.2, 0.25) is 5.91 Å². The number of allylic oxidation sites excluding steroid dienone is 2. The number of aryl methyl sites for hydroxylation is 1. The third-order valence-corrected chi connectivity index (χ3v) is 6.11. The van der Waals surface area contributed by atoms with E-state index in [-0.39, 0.29) is 17.7 Å². The second-order valence-electron chi connectivity index (χ2n) is 6.88. The molecule has 134 valence electrons. The lowest BCUT2D eigenvalue weighted by atomic mass is 9.82. The predicted octanol–water partition coefficient (Wildman–Crippen LogP) is 4.91. The maximum Gasteiger partial charge on any atom is 0.226 e. The summed E-state index contributed by atoms with van der Waals surface area (Å²) < 4.78 is 6.81. The molecule has 1 amide bonds. The molecule has 1 aliphatic carbocycles. The van der Waals surface area contributed by atoms with Crippen LogP contribution in [0.4, 0.5) is 0 Å². The zero-order chi connectivity index (χ0) is 18.1. The Bertz CT molecular complexity index is 923. The van der Waals surface area contributed by atoms with Crippen molar-refractivity contribution in [2.45, 2.75) is 32.2 Å². The van der Waals surface area contributed by atoms with E-state index in [1.807, 2.05) is 44.3 Å². The van der Waals surface area contributed by atoms with Gasteiger partial charge in [0.1, 0.15) is 11.5 Å². The molecule has 26 heavy (non-hydrogen) atoms. The van der Waals surface area contributed by atoms with Crippen molar-refractivity contribution < 1.29 is 9.21 Å². The molecule has 0 unspecified atom stereocenters. The molecule has 0 saturated heterocycles. The van der Waals surface area contributed by atoms with Crippen LogP contribution in [0.15, 0.2) is 53.0 Å². The first-order valence-corrected chi connectivity index (χ1v) is 9.74. The first-order chi connectivity index (χ1) is 12.6. The Hall–Kier alpha value is -2.40. The van der Waals surface area contributed by atoms with E-state index in [0.717, 1.165) is 34.9 Å². The highest BCUT2D eigenvalue weighted by atomic mass is 32.1. The molecule has 0 aliphatic heterocycles. The van der Waals surface area contributed by atoms with Crippen molar-refractivity contribution >= 4 is 27.5 Å². The van der Waals surface area contributed by atoms with Gasteiger partial charge < -0.3 is 9.32 Å². The van der Waals surface area contributed by atoms with Crippen molar-refractivity contribution in [1.29, 1.82) is 0 Å². The number of nitrogens with zero attached hydrogens (tertiary/aromatic N) is 2. The Morgan fingerprint density at radius 2 is 2.04 bits per heavy atom. The van der Waals surface area contributed by atoms with E-state index in [0.29, 0.717) is 6.54 Å². The lowest BCUT2D eigenvalue weighted by Crippen LogP contribution is -2.36. The number of benzene rings is 1. The molecule has 0 spiro atoms. The number of aromatic nitrogens is 1. The third kappa shape index (κ3) is 3.31. The van der Waals surface area contributed by atoms with E-state index in [9.17, 15) is 4.79 Å². The van der Waals surface area contributed by atoms with Crippen molar-refractivity contribution in [3.8, 4) is 0 Å². The molecule has 2 heterocycles. The summed E-state index contributed by atoms with van der Waals surface area (Å²) in [5.74, 6) is 1.93. The van der Waals surface area contributed by atoms with Crippen molar-refractivity contribution in [2.24, 2.45) is 5.92 Å². The number of hydrogen-bond donors (Lipinski definition) is 0. The Balaban J connectivity index is 1.56. The molecule has 1 aromatic carbocycles. The second kappa shape index (κ2) is 7.08. The van der Waals surface area contributed by atoms with Crippen LogP contribution in [-0.2, 0) is 11.3 Å². The Morgan fingerprint density at radius 3 is 2.81 bits per heavy atom. The van der Waals surface area contributed by atoms with Gasteiger partial charge in [0.05, 0.1) is 27.7 Å². The fraction of sp³-hybridized carbons (Fsp3) is 0.333. The minimum Gasteiger partial charge on any atom is -0.464 e. The minimum atomic E-state index is -0.0679. The molecule has 4 nitrogen and oxygen atoms in total. The van der Waals surface area contributed by atoms with Crippen molar-refractivity contribution in [1.82, 2.24) is 9.88 Å². The molecule has 5 heteroatoms. The molecule has 3 aromatic rings. The smallest absolute Gasteiger partial charge is 0.226 e. The van der Waals surface area contributed by atoms with Gasteiger partial charge >= 0.3 is 0 Å². The van der Waals surface area contributed by atoms with Crippen LogP contribution < -0.4 is 0 Å². The van der Waals surface area contributed by atoms with Crippen LogP contribution in [0, 0.1) is 12.8 Å². The van der Waals surface area contributed by atoms with Gasteiger partial charge in [-0.15, -0.1) is 11.3 Å². The number of thiazole rings is 1. The number of furan rings is 1. The van der Waals surface area contributed by atoms with E-state index < -0.39 is 0 Å². The first kappa shape index (κ1) is 17.0. The summed E-state index contributed by atoms with van der Waals surface area (Å²) in [6, 6.07) is 12.0. The zero-order valence-corrected chi connectivity index (χ0v) is 15.8. The highest BCUT2D eigenvalue weighted by Gasteiger charge is 2.34. The SMILES string of the molecule is Cc1ccc(CN(C)C(=O)[C@@H]2CC=CC[C@@H]2c2nc3ccccc3s2)o1. The van der Waals surface area contributed by atoms with Crippen molar-refractivity contribution in [3.05, 3.63) is 65.1 Å². The fourth-order valence-electron chi connectivity index (χ4n) is 3.57. The Morgan fingerprint density at radius 1 is 1.23 bits per heavy atom. The molecule has 0 bridgehead atoms. The summed E-state index contributed by atoms with van der Waals surface area (Å²) in [5, 5.41) is 1.07. The van der Waals surface area contributed by atoms with E-state index >= 15 is 0 Å². The van der Waals surface area contributed by atoms with Gasteiger partial charge in [-0.2, -0.15) is 0 Å². The normalized spacial score (nSPS) is 19.8. The molecule has 0 radical (unpaired) electrons. The molecule has 0 saturated carbocycles. The van der Waals surface area contributed by atoms with E-state index in [1.54, 1.807) is 16.2 Å². The number of hydrogen-bond acceptors (Lipinski definition) is 4. The number of para-hydroxylation sites is 1. The minimum absolute atomic E-state index is 0.0679. The largest absolute Gasteiger partial charge is 0.464 e. The molecule has 4 rings (SSSR count). The molecule has 1 aliphatic rings. The number of carbonyl (C=O) groups excluding carboxylic acids is 1. The molecular formula is C21H22N2O2S. The fourth-order valence-corrected chi connectivity index (χ4v) is 4.72. The topological polar surface area (TPSA) is 46.3 Å². The summed E-state index contributed by atoms with van der Waals surface area (Å²) in [7, 11) is 1.86. The summed E-state index contributed by atoms with van der Waals surface area (Å²) in [4.78, 5) is 19.7. The van der Waals surface area contributed by atoms with Gasteiger partial charge in [-0.3, -0.25) is 4.79 Å². The summed E-state index contributed by atoms with van der Waals surface area (Å²) in [6.45, 7) is 2.42. The molecule has 0 fully saturated rings. The average Bonchev–Trinajstić information content (AvgIpc) is 3.26. The monoisotopic (exact) mass is 366 g/mol. The number of fused-ring (bicyclic) bond motifs is 1. The summed E-state index contributed by atoms with van der Waals surface area (Å²) in [6.07, 6.45) is 5.93. The maximum atomic E-state index is 13.1. The first-order valence-electron chi connectivity index (χ1n) is 8.92. The molecule has 2 atom stereocenters. The summed E-state index contributed by atoms with van der Waals surface area (Å²) in [5.41, 5.74) is 1.02. The standard InChI is InChI=1S/C21H22N2O2S/c1-14-11-12-15(25-14)13-23(2)21(24)17-8-4-3-7-16(17)20-22-18-9-5-6-10-19(18)26-20/h3-6,9-12,16-17H,7-8,13H2,1-2H3/t16-,17+/m0/s1. The lowest BCUT2D eigenvalue weighted by Gasteiger charge is -2.29. The Labute approximate surface area is 157 Å². The Kier molecular flexibility index (Phi) is 4.64. The van der Waals surface area contributed by atoms with Crippen LogP contribution in [0.5, 0.6) is 0 Å². The van der Waals surface area contributed by atoms with E-state index in [1.165, 1.54) is 4.70 Å². The van der Waals surface area contributed by atoms with E-state index in [4.69, 9.17) is 9.40 Å². The quantitative estimate of drug-likeness (QED) is 0.617. The van der Waals surface area contributed by atoms with Gasteiger partial charge in [0, 0.05) is 13.0 Å². The van der Waals surface area contributed by atoms with Gasteiger partial charge in [-0.1, -0.05) is 24.3 Å². The van der Waals surface area contributed by atoms with Crippen LogP contribution in [0.25, 0.3) is 10.2 Å². The number of amides is 1. The highest BCUT2D eigenvalue weighted by molar-refractivity contribution is 7.18. The zero-order valence-electron chi connectivity index (χ0n) is 15.0. The van der Waals surface area contributed by atoms with Crippen molar-refractivity contribution in [2.75, 3.05) is 7.05 Å². The van der Waals surface area contributed by atoms with Gasteiger partial charge in [0.25, 0.3) is 0 Å².